The van der Waals surface area contributed by atoms with Gasteiger partial charge in [0.2, 0.25) is 15.9 Å². The molecule has 2 heterocycles. The zero-order valence-corrected chi connectivity index (χ0v) is 17.8. The largest absolute Gasteiger partial charge is 0.338 e. The van der Waals surface area contributed by atoms with E-state index < -0.39 is 15.8 Å². The number of carbonyl (C=O) groups is 1. The molecule has 1 fully saturated rings. The van der Waals surface area contributed by atoms with Crippen LogP contribution in [0.3, 0.4) is 0 Å². The number of nitrogens with zero attached hydrogens (tertiary/aromatic N) is 4. The average Bonchev–Trinajstić information content (AvgIpc) is 2.77. The Morgan fingerprint density at radius 3 is 2.52 bits per heavy atom. The Balaban J connectivity index is 1.44. The molecule has 1 aliphatic rings. The molecule has 3 aromatic rings. The summed E-state index contributed by atoms with van der Waals surface area (Å²) in [5, 5.41) is 4.94. The monoisotopic (exact) mass is 464 g/mol. The fraction of sp³-hybridized carbons (Fsp3) is 0.250. The number of sulfonamides is 1. The molecule has 0 radical (unpaired) electrons. The summed E-state index contributed by atoms with van der Waals surface area (Å²) in [5.41, 5.74) is -0.360. The van der Waals surface area contributed by atoms with Gasteiger partial charge in [0.15, 0.2) is 0 Å². The topological polar surface area (TPSA) is 92.6 Å². The number of amides is 1. The molecule has 8 nitrogen and oxygen atoms in total. The molecule has 4 rings (SSSR count). The fourth-order valence-corrected chi connectivity index (χ4v) is 5.13. The van der Waals surface area contributed by atoms with Gasteiger partial charge in [-0.25, -0.2) is 17.5 Å². The van der Waals surface area contributed by atoms with E-state index in [1.165, 1.54) is 15.4 Å². The predicted molar refractivity (Wildman–Crippen MR) is 113 cm³/mol. The van der Waals surface area contributed by atoms with E-state index in [2.05, 4.69) is 5.10 Å². The zero-order chi connectivity index (χ0) is 22.2. The molecule has 1 saturated heterocycles. The van der Waals surface area contributed by atoms with Gasteiger partial charge in [-0.1, -0.05) is 29.8 Å². The van der Waals surface area contributed by atoms with Gasteiger partial charge in [-0.15, -0.1) is 0 Å². The Hall–Kier alpha value is -2.82. The van der Waals surface area contributed by atoms with Crippen LogP contribution in [0.1, 0.15) is 0 Å². The van der Waals surface area contributed by atoms with Gasteiger partial charge in [-0.2, -0.15) is 9.40 Å². The van der Waals surface area contributed by atoms with Gasteiger partial charge in [0.05, 0.1) is 21.5 Å². The Labute approximate surface area is 182 Å². The summed E-state index contributed by atoms with van der Waals surface area (Å²) < 4.78 is 41.2. The third kappa shape index (κ3) is 4.18. The zero-order valence-electron chi connectivity index (χ0n) is 16.2. The SMILES string of the molecule is O=C(Cn1ncc2ccccc2c1=O)N1CCN(S(=O)(=O)c2ccc(F)c(Cl)c2)CC1. The Bertz CT molecular complexity index is 1320. The minimum atomic E-state index is -3.86. The molecule has 162 valence electrons. The Morgan fingerprint density at radius 2 is 1.81 bits per heavy atom. The van der Waals surface area contributed by atoms with Crippen molar-refractivity contribution in [1.29, 1.82) is 0 Å². The fourth-order valence-electron chi connectivity index (χ4n) is 3.43. The van der Waals surface area contributed by atoms with Crippen LogP contribution in [0.2, 0.25) is 5.02 Å². The molecule has 1 amide bonds. The normalized spacial score (nSPS) is 15.4. The van der Waals surface area contributed by atoms with E-state index in [1.54, 1.807) is 24.3 Å². The molecular weight excluding hydrogens is 447 g/mol. The molecule has 11 heteroatoms. The third-order valence-electron chi connectivity index (χ3n) is 5.17. The van der Waals surface area contributed by atoms with E-state index in [0.29, 0.717) is 10.8 Å². The minimum absolute atomic E-state index is 0.0725. The number of hydrogen-bond acceptors (Lipinski definition) is 5. The summed E-state index contributed by atoms with van der Waals surface area (Å²) in [6.07, 6.45) is 1.53. The Kier molecular flexibility index (Phi) is 5.78. The van der Waals surface area contributed by atoms with Crippen LogP contribution in [-0.4, -0.2) is 59.5 Å². The van der Waals surface area contributed by atoms with Crippen molar-refractivity contribution in [3.05, 3.63) is 69.9 Å². The molecule has 0 bridgehead atoms. The summed E-state index contributed by atoms with van der Waals surface area (Å²) in [7, 11) is -3.86. The average molecular weight is 465 g/mol. The van der Waals surface area contributed by atoms with E-state index in [4.69, 9.17) is 11.6 Å². The summed E-state index contributed by atoms with van der Waals surface area (Å²) in [6, 6.07) is 10.2. The lowest BCUT2D eigenvalue weighted by molar-refractivity contribution is -0.133. The van der Waals surface area contributed by atoms with Gasteiger partial charge in [0, 0.05) is 31.6 Å². The van der Waals surface area contributed by atoms with Crippen molar-refractivity contribution in [1.82, 2.24) is 19.0 Å². The molecule has 1 aromatic heterocycles. The van der Waals surface area contributed by atoms with Crippen LogP contribution in [-0.2, 0) is 21.4 Å². The maximum Gasteiger partial charge on any atom is 0.275 e. The molecule has 31 heavy (non-hydrogen) atoms. The summed E-state index contributed by atoms with van der Waals surface area (Å²) in [6.45, 7) is 0.237. The molecular formula is C20H18ClFN4O4S. The van der Waals surface area contributed by atoms with Crippen LogP contribution in [0.25, 0.3) is 10.8 Å². The van der Waals surface area contributed by atoms with Gasteiger partial charge in [-0.3, -0.25) is 9.59 Å². The number of piperazine rings is 1. The molecule has 0 atom stereocenters. The van der Waals surface area contributed by atoms with Crippen molar-refractivity contribution in [3.63, 3.8) is 0 Å². The highest BCUT2D eigenvalue weighted by atomic mass is 35.5. The quantitative estimate of drug-likeness (QED) is 0.586. The summed E-state index contributed by atoms with van der Waals surface area (Å²) in [5.74, 6) is -1.03. The van der Waals surface area contributed by atoms with Gasteiger partial charge in [-0.05, 0) is 24.3 Å². The smallest absolute Gasteiger partial charge is 0.275 e. The first-order chi connectivity index (χ1) is 14.8. The van der Waals surface area contributed by atoms with Gasteiger partial charge < -0.3 is 4.90 Å². The molecule has 2 aromatic carbocycles. The molecule has 0 N–H and O–H groups in total. The number of halogens is 2. The summed E-state index contributed by atoms with van der Waals surface area (Å²) in [4.78, 5) is 26.6. The third-order valence-corrected chi connectivity index (χ3v) is 7.35. The van der Waals surface area contributed by atoms with Crippen molar-refractivity contribution >= 4 is 38.3 Å². The van der Waals surface area contributed by atoms with E-state index in [9.17, 15) is 22.4 Å². The predicted octanol–water partition coefficient (Wildman–Crippen LogP) is 1.72. The van der Waals surface area contributed by atoms with Crippen LogP contribution in [0.4, 0.5) is 4.39 Å². The van der Waals surface area contributed by atoms with Crippen LogP contribution < -0.4 is 5.56 Å². The van der Waals surface area contributed by atoms with Gasteiger partial charge in [0.1, 0.15) is 12.4 Å². The first kappa shape index (κ1) is 21.4. The van der Waals surface area contributed by atoms with Gasteiger partial charge in [0.25, 0.3) is 5.56 Å². The lowest BCUT2D eigenvalue weighted by atomic mass is 10.2. The highest BCUT2D eigenvalue weighted by molar-refractivity contribution is 7.89. The van der Waals surface area contributed by atoms with E-state index in [-0.39, 0.29) is 54.1 Å². The van der Waals surface area contributed by atoms with Crippen molar-refractivity contribution in [2.75, 3.05) is 26.2 Å². The highest BCUT2D eigenvalue weighted by Crippen LogP contribution is 2.23. The van der Waals surface area contributed by atoms with Crippen molar-refractivity contribution in [2.45, 2.75) is 11.4 Å². The van der Waals surface area contributed by atoms with Crippen LogP contribution in [0.15, 0.2) is 58.4 Å². The number of benzene rings is 2. The number of carbonyl (C=O) groups excluding carboxylic acids is 1. The highest BCUT2D eigenvalue weighted by Gasteiger charge is 2.30. The van der Waals surface area contributed by atoms with Crippen molar-refractivity contribution in [3.8, 4) is 0 Å². The van der Waals surface area contributed by atoms with Crippen LogP contribution in [0, 0.1) is 5.82 Å². The molecule has 0 saturated carbocycles. The first-order valence-electron chi connectivity index (χ1n) is 9.45. The number of fused-ring (bicyclic) bond motifs is 1. The molecule has 0 aliphatic carbocycles. The second kappa shape index (κ2) is 8.37. The lowest BCUT2D eigenvalue weighted by Crippen LogP contribution is -2.51. The number of aromatic nitrogens is 2. The molecule has 1 aliphatic heterocycles. The second-order valence-electron chi connectivity index (χ2n) is 7.06. The van der Waals surface area contributed by atoms with Crippen molar-refractivity contribution in [2.24, 2.45) is 0 Å². The Morgan fingerprint density at radius 1 is 1.10 bits per heavy atom. The van der Waals surface area contributed by atoms with Gasteiger partial charge >= 0.3 is 0 Å². The maximum absolute atomic E-state index is 13.3. The maximum atomic E-state index is 13.3. The van der Waals surface area contributed by atoms with Crippen LogP contribution in [0.5, 0.6) is 0 Å². The number of rotatable bonds is 4. The minimum Gasteiger partial charge on any atom is -0.338 e. The first-order valence-corrected chi connectivity index (χ1v) is 11.3. The van der Waals surface area contributed by atoms with E-state index in [0.717, 1.165) is 22.9 Å². The standard InChI is InChI=1S/C20H18ClFN4O4S/c21-17-11-15(5-6-18(17)22)31(29,30)25-9-7-24(8-10-25)19(27)13-26-20(28)16-4-2-1-3-14(16)12-23-26/h1-6,11-12H,7-10,13H2. The van der Waals surface area contributed by atoms with E-state index in [1.807, 2.05) is 0 Å². The lowest BCUT2D eigenvalue weighted by Gasteiger charge is -2.34. The van der Waals surface area contributed by atoms with Crippen LogP contribution >= 0.6 is 11.6 Å². The summed E-state index contributed by atoms with van der Waals surface area (Å²) >= 11 is 5.71. The molecule has 0 unspecified atom stereocenters. The second-order valence-corrected chi connectivity index (χ2v) is 9.40. The number of hydrogen-bond donors (Lipinski definition) is 0. The molecule has 0 spiro atoms. The van der Waals surface area contributed by atoms with E-state index >= 15 is 0 Å². The van der Waals surface area contributed by atoms with Crippen molar-refractivity contribution < 1.29 is 17.6 Å².